The highest BCUT2D eigenvalue weighted by Crippen LogP contribution is 2.26. The molecule has 0 spiro atoms. The molecule has 1 aromatic carbocycles. The quantitative estimate of drug-likeness (QED) is 0.887. The van der Waals surface area contributed by atoms with Gasteiger partial charge in [0.25, 0.3) is 0 Å². The van der Waals surface area contributed by atoms with Gasteiger partial charge in [-0.25, -0.2) is 4.68 Å². The molecule has 0 unspecified atom stereocenters. The molecule has 0 saturated carbocycles. The summed E-state index contributed by atoms with van der Waals surface area (Å²) in [5.74, 6) is 0. The van der Waals surface area contributed by atoms with Crippen LogP contribution in [-0.4, -0.2) is 27.3 Å². The highest BCUT2D eigenvalue weighted by atomic mass is 32.2. The van der Waals surface area contributed by atoms with E-state index in [0.717, 1.165) is 16.6 Å². The number of aryl methyl sites for hydroxylation is 2. The molecule has 0 saturated heterocycles. The second-order valence-corrected chi connectivity index (χ2v) is 4.85. The fourth-order valence-electron chi connectivity index (χ4n) is 1.53. The van der Waals surface area contributed by atoms with E-state index < -0.39 is 0 Å². The highest BCUT2D eigenvalue weighted by molar-refractivity contribution is 7.99. The Kier molecular flexibility index (Phi) is 3.75. The average Bonchev–Trinajstić information content (AvgIpc) is 2.69. The van der Waals surface area contributed by atoms with Crippen LogP contribution in [0.2, 0.25) is 0 Å². The Morgan fingerprint density at radius 2 is 2.24 bits per heavy atom. The summed E-state index contributed by atoms with van der Waals surface area (Å²) in [5, 5.41) is 15.3. The van der Waals surface area contributed by atoms with Gasteiger partial charge in [0.1, 0.15) is 0 Å². The van der Waals surface area contributed by atoms with E-state index in [2.05, 4.69) is 46.0 Å². The predicted molar refractivity (Wildman–Crippen MR) is 66.9 cm³/mol. The fraction of sp³-hybridized carbons (Fsp3) is 0.364. The van der Waals surface area contributed by atoms with Crippen molar-refractivity contribution in [1.29, 1.82) is 0 Å². The Labute approximate surface area is 105 Å². The van der Waals surface area contributed by atoms with Crippen molar-refractivity contribution in [3.05, 3.63) is 29.3 Å². The molecule has 0 aliphatic heterocycles. The first-order valence-corrected chi connectivity index (χ1v) is 6.16. The second-order valence-electron chi connectivity index (χ2n) is 3.81. The monoisotopic (exact) mass is 249 g/mol. The number of nitrogens with zero attached hydrogens (tertiary/aromatic N) is 4. The Morgan fingerprint density at radius 3 is 2.82 bits per heavy atom. The van der Waals surface area contributed by atoms with Gasteiger partial charge in [-0.2, -0.15) is 0 Å². The second kappa shape index (κ2) is 5.29. The van der Waals surface area contributed by atoms with Gasteiger partial charge in [0.2, 0.25) is 5.16 Å². The van der Waals surface area contributed by atoms with Gasteiger partial charge in [0.15, 0.2) is 0 Å². The SMILES string of the molecule is CNCc1ccc(Sc2nnnn2C)cc1C. The van der Waals surface area contributed by atoms with Crippen LogP contribution in [0.1, 0.15) is 11.1 Å². The molecule has 5 nitrogen and oxygen atoms in total. The van der Waals surface area contributed by atoms with Crippen LogP contribution in [0.4, 0.5) is 0 Å². The van der Waals surface area contributed by atoms with E-state index in [1.165, 1.54) is 11.1 Å². The van der Waals surface area contributed by atoms with Crippen molar-refractivity contribution in [2.75, 3.05) is 7.05 Å². The van der Waals surface area contributed by atoms with Gasteiger partial charge in [-0.3, -0.25) is 0 Å². The molecular weight excluding hydrogens is 234 g/mol. The smallest absolute Gasteiger partial charge is 0.213 e. The Hall–Kier alpha value is -1.40. The molecule has 0 atom stereocenters. The summed E-state index contributed by atoms with van der Waals surface area (Å²) in [6.45, 7) is 3.01. The average molecular weight is 249 g/mol. The third-order valence-corrected chi connectivity index (χ3v) is 3.49. The normalized spacial score (nSPS) is 10.8. The number of tetrazole rings is 1. The Morgan fingerprint density at radius 1 is 1.41 bits per heavy atom. The van der Waals surface area contributed by atoms with Crippen molar-refractivity contribution in [2.24, 2.45) is 7.05 Å². The van der Waals surface area contributed by atoms with Gasteiger partial charge >= 0.3 is 0 Å². The van der Waals surface area contributed by atoms with E-state index in [0.29, 0.717) is 0 Å². The molecule has 1 heterocycles. The minimum atomic E-state index is 0.797. The molecule has 2 aromatic rings. The van der Waals surface area contributed by atoms with E-state index in [4.69, 9.17) is 0 Å². The van der Waals surface area contributed by atoms with E-state index in [9.17, 15) is 0 Å². The number of hydrogen-bond donors (Lipinski definition) is 1. The maximum atomic E-state index is 3.95. The van der Waals surface area contributed by atoms with E-state index in [1.54, 1.807) is 16.4 Å². The van der Waals surface area contributed by atoms with Crippen molar-refractivity contribution in [2.45, 2.75) is 23.5 Å². The molecule has 0 aliphatic carbocycles. The zero-order valence-electron chi connectivity index (χ0n) is 10.1. The lowest BCUT2D eigenvalue weighted by atomic mass is 10.1. The van der Waals surface area contributed by atoms with Gasteiger partial charge in [-0.05, 0) is 59.4 Å². The molecule has 0 fully saturated rings. The summed E-state index contributed by atoms with van der Waals surface area (Å²) >= 11 is 1.57. The summed E-state index contributed by atoms with van der Waals surface area (Å²) in [4.78, 5) is 1.15. The van der Waals surface area contributed by atoms with E-state index >= 15 is 0 Å². The van der Waals surface area contributed by atoms with Crippen LogP contribution < -0.4 is 5.32 Å². The highest BCUT2D eigenvalue weighted by Gasteiger charge is 2.06. The van der Waals surface area contributed by atoms with Crippen LogP contribution in [-0.2, 0) is 13.6 Å². The van der Waals surface area contributed by atoms with Crippen molar-refractivity contribution in [3.8, 4) is 0 Å². The van der Waals surface area contributed by atoms with Crippen LogP contribution >= 0.6 is 11.8 Å². The zero-order chi connectivity index (χ0) is 12.3. The van der Waals surface area contributed by atoms with Crippen LogP contribution in [0.3, 0.4) is 0 Å². The van der Waals surface area contributed by atoms with Crippen molar-refractivity contribution in [1.82, 2.24) is 25.5 Å². The molecule has 1 N–H and O–H groups in total. The maximum Gasteiger partial charge on any atom is 0.213 e. The fourth-order valence-corrected chi connectivity index (χ4v) is 2.36. The zero-order valence-corrected chi connectivity index (χ0v) is 11.0. The molecule has 2 rings (SSSR count). The van der Waals surface area contributed by atoms with Gasteiger partial charge < -0.3 is 5.32 Å². The van der Waals surface area contributed by atoms with Crippen molar-refractivity contribution >= 4 is 11.8 Å². The Balaban J connectivity index is 2.18. The lowest BCUT2D eigenvalue weighted by Gasteiger charge is -2.07. The van der Waals surface area contributed by atoms with Gasteiger partial charge in [0, 0.05) is 18.5 Å². The molecule has 0 amide bonds. The largest absolute Gasteiger partial charge is 0.316 e. The predicted octanol–water partition coefficient (Wildman–Crippen LogP) is 1.39. The molecule has 0 bridgehead atoms. The molecule has 90 valence electrons. The molecule has 17 heavy (non-hydrogen) atoms. The van der Waals surface area contributed by atoms with Gasteiger partial charge in [-0.15, -0.1) is 5.10 Å². The number of aromatic nitrogens is 4. The first-order valence-electron chi connectivity index (χ1n) is 5.35. The van der Waals surface area contributed by atoms with Crippen LogP contribution in [0, 0.1) is 6.92 Å². The molecule has 6 heteroatoms. The lowest BCUT2D eigenvalue weighted by Crippen LogP contribution is -2.06. The van der Waals surface area contributed by atoms with Crippen LogP contribution in [0.25, 0.3) is 0 Å². The first kappa shape index (κ1) is 12.1. The van der Waals surface area contributed by atoms with Crippen molar-refractivity contribution in [3.63, 3.8) is 0 Å². The number of benzene rings is 1. The van der Waals surface area contributed by atoms with Gasteiger partial charge in [-0.1, -0.05) is 6.07 Å². The first-order chi connectivity index (χ1) is 8.20. The van der Waals surface area contributed by atoms with Crippen LogP contribution in [0.5, 0.6) is 0 Å². The standard InChI is InChI=1S/C11H15N5S/c1-8-6-10(5-4-9(8)7-12-2)17-11-13-14-15-16(11)3/h4-6,12H,7H2,1-3H3. The number of nitrogens with one attached hydrogen (secondary N) is 1. The lowest BCUT2D eigenvalue weighted by molar-refractivity contribution is 0.664. The minimum absolute atomic E-state index is 0.797. The third kappa shape index (κ3) is 2.83. The number of hydrogen-bond acceptors (Lipinski definition) is 5. The summed E-state index contributed by atoms with van der Waals surface area (Å²) in [7, 11) is 3.79. The van der Waals surface area contributed by atoms with Crippen molar-refractivity contribution < 1.29 is 0 Å². The van der Waals surface area contributed by atoms with E-state index in [-0.39, 0.29) is 0 Å². The summed E-state index contributed by atoms with van der Waals surface area (Å²) in [5.41, 5.74) is 2.59. The Bertz CT molecular complexity index is 508. The third-order valence-electron chi connectivity index (χ3n) is 2.47. The molecule has 0 aliphatic rings. The number of rotatable bonds is 4. The topological polar surface area (TPSA) is 55.6 Å². The van der Waals surface area contributed by atoms with Crippen LogP contribution in [0.15, 0.2) is 28.3 Å². The molecule has 1 aromatic heterocycles. The summed E-state index contributed by atoms with van der Waals surface area (Å²) < 4.78 is 1.67. The minimum Gasteiger partial charge on any atom is -0.316 e. The molecule has 0 radical (unpaired) electrons. The molecular formula is C11H15N5S. The van der Waals surface area contributed by atoms with Gasteiger partial charge in [0.05, 0.1) is 0 Å². The van der Waals surface area contributed by atoms with E-state index in [1.807, 2.05) is 14.1 Å². The summed E-state index contributed by atoms with van der Waals surface area (Å²) in [6.07, 6.45) is 0. The maximum absolute atomic E-state index is 3.95. The summed E-state index contributed by atoms with van der Waals surface area (Å²) in [6, 6.07) is 6.39.